The van der Waals surface area contributed by atoms with Crippen molar-refractivity contribution in [2.24, 2.45) is 0 Å². The maximum atomic E-state index is 12.8. The Kier molecular flexibility index (Phi) is 3.98. The second-order valence-electron chi connectivity index (χ2n) is 8.42. The molecule has 0 atom stereocenters. The zero-order valence-corrected chi connectivity index (χ0v) is 16.7. The number of pyridine rings is 1. The Bertz CT molecular complexity index is 1140. The molecule has 5 rings (SSSR count). The summed E-state index contributed by atoms with van der Waals surface area (Å²) in [4.78, 5) is 28.9. The first-order valence-corrected chi connectivity index (χ1v) is 10.1. The summed E-state index contributed by atoms with van der Waals surface area (Å²) in [5, 5.41) is 6.55. The lowest BCUT2D eigenvalue weighted by atomic mass is 9.82. The van der Waals surface area contributed by atoms with E-state index in [-0.39, 0.29) is 23.8 Å². The van der Waals surface area contributed by atoms with Gasteiger partial charge in [-0.2, -0.15) is 0 Å². The number of benzene rings is 1. The van der Waals surface area contributed by atoms with Crippen molar-refractivity contribution in [2.45, 2.75) is 45.1 Å². The van der Waals surface area contributed by atoms with Gasteiger partial charge in [0.1, 0.15) is 5.78 Å². The van der Waals surface area contributed by atoms with Crippen molar-refractivity contribution in [3.63, 3.8) is 0 Å². The van der Waals surface area contributed by atoms with Gasteiger partial charge in [0.2, 0.25) is 0 Å². The van der Waals surface area contributed by atoms with E-state index in [0.29, 0.717) is 5.56 Å². The summed E-state index contributed by atoms with van der Waals surface area (Å²) < 4.78 is 1.92. The monoisotopic (exact) mass is 388 g/mol. The Balaban J connectivity index is 1.57. The van der Waals surface area contributed by atoms with Crippen LogP contribution in [0.1, 0.15) is 46.1 Å². The summed E-state index contributed by atoms with van der Waals surface area (Å²) in [6.07, 6.45) is 7.50. The minimum Gasteiger partial charge on any atom is -0.376 e. The van der Waals surface area contributed by atoms with E-state index in [0.717, 1.165) is 48.3 Å². The zero-order chi connectivity index (χ0) is 20.2. The van der Waals surface area contributed by atoms with Crippen molar-refractivity contribution in [2.75, 3.05) is 11.9 Å². The van der Waals surface area contributed by atoms with Crippen molar-refractivity contribution in [1.82, 2.24) is 14.7 Å². The van der Waals surface area contributed by atoms with Crippen LogP contribution in [0.15, 0.2) is 36.7 Å². The fourth-order valence-electron chi connectivity index (χ4n) is 4.82. The molecule has 0 unspecified atom stereocenters. The van der Waals surface area contributed by atoms with E-state index in [2.05, 4.69) is 34.9 Å². The number of hydrogen-bond acceptors (Lipinski definition) is 4. The number of aryl methyl sites for hydroxylation is 1. The Hall–Kier alpha value is -3.15. The summed E-state index contributed by atoms with van der Waals surface area (Å²) in [6.45, 7) is 3.47. The van der Waals surface area contributed by atoms with Crippen LogP contribution in [0.2, 0.25) is 0 Å². The van der Waals surface area contributed by atoms with Crippen molar-refractivity contribution >= 4 is 23.0 Å². The number of nitrogens with zero attached hydrogens (tertiary/aromatic N) is 2. The Morgan fingerprint density at radius 3 is 2.62 bits per heavy atom. The minimum atomic E-state index is -0.211. The number of fused-ring (bicyclic) bond motifs is 4. The predicted octanol–water partition coefficient (Wildman–Crippen LogP) is 2.86. The number of aromatic nitrogens is 2. The van der Waals surface area contributed by atoms with E-state index < -0.39 is 0 Å². The van der Waals surface area contributed by atoms with Crippen LogP contribution in [-0.4, -0.2) is 33.2 Å². The van der Waals surface area contributed by atoms with E-state index in [4.69, 9.17) is 4.98 Å². The van der Waals surface area contributed by atoms with Crippen LogP contribution in [0.5, 0.6) is 0 Å². The number of rotatable bonds is 3. The van der Waals surface area contributed by atoms with Gasteiger partial charge in [0.05, 0.1) is 23.5 Å². The molecule has 0 fully saturated rings. The van der Waals surface area contributed by atoms with Crippen LogP contribution in [0.4, 0.5) is 5.69 Å². The van der Waals surface area contributed by atoms with Crippen LogP contribution in [0.25, 0.3) is 5.65 Å². The Morgan fingerprint density at radius 2 is 1.93 bits per heavy atom. The second-order valence-corrected chi connectivity index (χ2v) is 8.42. The van der Waals surface area contributed by atoms with E-state index >= 15 is 0 Å². The summed E-state index contributed by atoms with van der Waals surface area (Å²) in [7, 11) is 0. The number of anilines is 1. The zero-order valence-electron chi connectivity index (χ0n) is 16.7. The van der Waals surface area contributed by atoms with Gasteiger partial charge in [-0.3, -0.25) is 9.59 Å². The molecule has 6 heteroatoms. The molecule has 29 heavy (non-hydrogen) atoms. The number of ketones is 1. The summed E-state index contributed by atoms with van der Waals surface area (Å²) in [5.41, 5.74) is 7.08. The normalized spacial score (nSPS) is 16.3. The van der Waals surface area contributed by atoms with Gasteiger partial charge in [0.15, 0.2) is 5.65 Å². The molecule has 1 spiro atoms. The maximum absolute atomic E-state index is 12.8. The Morgan fingerprint density at radius 1 is 1.21 bits per heavy atom. The third-order valence-corrected chi connectivity index (χ3v) is 6.13. The SMILES string of the molecule is CC(=O)CNC(=O)c1cn2cc(C)nc2c2c1CCC1(Cc3ccccc3C1)N2. The van der Waals surface area contributed by atoms with Gasteiger partial charge < -0.3 is 15.0 Å². The molecule has 3 aromatic rings. The average Bonchev–Trinajstić information content (AvgIpc) is 3.24. The van der Waals surface area contributed by atoms with Gasteiger partial charge in [0.25, 0.3) is 5.91 Å². The summed E-state index contributed by atoms with van der Waals surface area (Å²) >= 11 is 0. The van der Waals surface area contributed by atoms with Gasteiger partial charge in [-0.1, -0.05) is 24.3 Å². The molecule has 2 aliphatic rings. The van der Waals surface area contributed by atoms with Gasteiger partial charge in [-0.05, 0) is 56.2 Å². The molecule has 1 aliphatic heterocycles. The molecule has 0 saturated heterocycles. The lowest BCUT2D eigenvalue weighted by Crippen LogP contribution is -2.43. The second kappa shape index (κ2) is 6.44. The quantitative estimate of drug-likeness (QED) is 0.724. The molecule has 1 amide bonds. The van der Waals surface area contributed by atoms with Gasteiger partial charge in [-0.25, -0.2) is 4.98 Å². The molecule has 2 N–H and O–H groups in total. The highest BCUT2D eigenvalue weighted by Crippen LogP contribution is 2.42. The van der Waals surface area contributed by atoms with E-state index in [1.54, 1.807) is 0 Å². The van der Waals surface area contributed by atoms with Crippen molar-refractivity contribution in [1.29, 1.82) is 0 Å². The van der Waals surface area contributed by atoms with Crippen molar-refractivity contribution in [3.8, 4) is 0 Å². The van der Waals surface area contributed by atoms with Crippen LogP contribution in [0.3, 0.4) is 0 Å². The third kappa shape index (κ3) is 2.99. The van der Waals surface area contributed by atoms with Crippen LogP contribution >= 0.6 is 0 Å². The highest BCUT2D eigenvalue weighted by molar-refractivity contribution is 6.00. The van der Waals surface area contributed by atoms with Gasteiger partial charge >= 0.3 is 0 Å². The van der Waals surface area contributed by atoms with Crippen molar-refractivity contribution < 1.29 is 9.59 Å². The standard InChI is InChI=1S/C23H24N4O2/c1-14-12-27-13-19(22(29)24-11-15(2)28)18-7-8-23(26-20(18)21(27)25-14)9-16-5-3-4-6-17(16)10-23/h3-6,12-13,26H,7-11H2,1-2H3,(H,24,29). The number of amides is 1. The van der Waals surface area contributed by atoms with Crippen molar-refractivity contribution in [3.05, 3.63) is 64.6 Å². The first-order valence-electron chi connectivity index (χ1n) is 10.1. The van der Waals surface area contributed by atoms with E-state index in [1.807, 2.05) is 23.7 Å². The third-order valence-electron chi connectivity index (χ3n) is 6.13. The maximum Gasteiger partial charge on any atom is 0.253 e. The van der Waals surface area contributed by atoms with Gasteiger partial charge in [-0.15, -0.1) is 0 Å². The molecular formula is C23H24N4O2. The van der Waals surface area contributed by atoms with Gasteiger partial charge in [0, 0.05) is 17.9 Å². The van der Waals surface area contributed by atoms with E-state index in [1.165, 1.54) is 18.1 Å². The summed E-state index contributed by atoms with van der Waals surface area (Å²) in [5.74, 6) is -0.273. The fourth-order valence-corrected chi connectivity index (χ4v) is 4.82. The molecule has 6 nitrogen and oxygen atoms in total. The number of carbonyl (C=O) groups excluding carboxylic acids is 2. The van der Waals surface area contributed by atoms with Crippen LogP contribution < -0.4 is 10.6 Å². The largest absolute Gasteiger partial charge is 0.376 e. The molecule has 2 aromatic heterocycles. The lowest BCUT2D eigenvalue weighted by Gasteiger charge is -2.37. The Labute approximate surface area is 169 Å². The number of Topliss-reactive ketones (excluding diaryl/α,β-unsaturated/α-hetero) is 1. The summed E-state index contributed by atoms with van der Waals surface area (Å²) in [6, 6.07) is 8.62. The highest BCUT2D eigenvalue weighted by atomic mass is 16.2. The molecule has 1 aromatic carbocycles. The van der Waals surface area contributed by atoms with Crippen LogP contribution in [0, 0.1) is 6.92 Å². The smallest absolute Gasteiger partial charge is 0.253 e. The first kappa shape index (κ1) is 17.9. The highest BCUT2D eigenvalue weighted by Gasteiger charge is 2.41. The topological polar surface area (TPSA) is 75.5 Å². The molecule has 0 radical (unpaired) electrons. The number of imidazole rings is 1. The van der Waals surface area contributed by atoms with Crippen LogP contribution in [-0.2, 0) is 24.1 Å². The number of hydrogen-bond donors (Lipinski definition) is 2. The number of carbonyl (C=O) groups is 2. The predicted molar refractivity (Wildman–Crippen MR) is 111 cm³/mol. The lowest BCUT2D eigenvalue weighted by molar-refractivity contribution is -0.116. The first-order chi connectivity index (χ1) is 13.9. The fraction of sp³-hybridized carbons (Fsp3) is 0.348. The van der Waals surface area contributed by atoms with E-state index in [9.17, 15) is 9.59 Å². The molecule has 3 heterocycles. The molecule has 0 saturated carbocycles. The molecular weight excluding hydrogens is 364 g/mol. The molecule has 1 aliphatic carbocycles. The minimum absolute atomic E-state index is 0.0362. The number of nitrogens with one attached hydrogen (secondary N) is 2. The molecule has 0 bridgehead atoms. The molecule has 148 valence electrons. The average molecular weight is 388 g/mol.